The maximum atomic E-state index is 12.0. The van der Waals surface area contributed by atoms with Crippen LogP contribution >= 0.6 is 11.6 Å². The number of benzene rings is 1. The summed E-state index contributed by atoms with van der Waals surface area (Å²) in [6.07, 6.45) is -1.06. The van der Waals surface area contributed by atoms with Gasteiger partial charge in [-0.2, -0.15) is 0 Å². The van der Waals surface area contributed by atoms with E-state index in [-0.39, 0.29) is 6.54 Å². The van der Waals surface area contributed by atoms with Crippen LogP contribution in [0.25, 0.3) is 0 Å². The first-order valence-electron chi connectivity index (χ1n) is 5.89. The van der Waals surface area contributed by atoms with Gasteiger partial charge in [0.05, 0.1) is 17.1 Å². The minimum absolute atomic E-state index is 0.106. The van der Waals surface area contributed by atoms with Gasteiger partial charge in [0.1, 0.15) is 0 Å². The summed E-state index contributed by atoms with van der Waals surface area (Å²) in [6.45, 7) is 3.62. The molecule has 1 amide bonds. The summed E-state index contributed by atoms with van der Waals surface area (Å²) in [5.41, 5.74) is 2.15. The predicted molar refractivity (Wildman–Crippen MR) is 77.0 cm³/mol. The molecule has 1 aromatic rings. The summed E-state index contributed by atoms with van der Waals surface area (Å²) in [5, 5.41) is 2.90. The summed E-state index contributed by atoms with van der Waals surface area (Å²) in [6, 6.07) is 3.42. The van der Waals surface area contributed by atoms with Gasteiger partial charge in [-0.1, -0.05) is 17.7 Å². The Morgan fingerprint density at radius 2 is 2.10 bits per heavy atom. The van der Waals surface area contributed by atoms with E-state index in [4.69, 9.17) is 17.5 Å². The molecule has 0 aromatic heterocycles. The van der Waals surface area contributed by atoms with Gasteiger partial charge in [-0.25, -0.2) is 5.90 Å². The summed E-state index contributed by atoms with van der Waals surface area (Å²) < 4.78 is 4.48. The van der Waals surface area contributed by atoms with Crippen molar-refractivity contribution in [1.29, 1.82) is 0 Å². The van der Waals surface area contributed by atoms with Crippen LogP contribution in [-0.4, -0.2) is 32.6 Å². The third-order valence-electron chi connectivity index (χ3n) is 2.98. The predicted octanol–water partition coefficient (Wildman–Crippen LogP) is 0.0368. The first-order chi connectivity index (χ1) is 9.42. The Kier molecular flexibility index (Phi) is 6.00. The molecule has 1 atom stereocenters. The Bertz CT molecular complexity index is 524. The molecule has 1 aromatic carbocycles. The van der Waals surface area contributed by atoms with Gasteiger partial charge < -0.3 is 9.97 Å². The number of halogens is 1. The number of nitrogens with one attached hydrogen (secondary N) is 1. The molecule has 0 radical (unpaired) electrons. The number of hydrogen-bond acceptors (Lipinski definition) is 5. The molecule has 0 aliphatic rings. The molecule has 0 aliphatic heterocycles. The lowest BCUT2D eigenvalue weighted by atomic mass is 10.1. The van der Waals surface area contributed by atoms with E-state index >= 15 is 0 Å². The van der Waals surface area contributed by atoms with Crippen molar-refractivity contribution >= 4 is 31.5 Å². The molecule has 6 nitrogen and oxygen atoms in total. The van der Waals surface area contributed by atoms with Crippen LogP contribution in [0.4, 0.5) is 0 Å². The fraction of sp³-hybridized carbons (Fsp3) is 0.333. The highest BCUT2D eigenvalue weighted by molar-refractivity contribution is 6.34. The number of amides is 1. The molecule has 0 heterocycles. The highest BCUT2D eigenvalue weighted by Gasteiger charge is 2.21. The Balaban J connectivity index is 2.77. The van der Waals surface area contributed by atoms with Crippen molar-refractivity contribution < 1.29 is 19.1 Å². The first-order valence-corrected chi connectivity index (χ1v) is 6.27. The van der Waals surface area contributed by atoms with Crippen molar-refractivity contribution in [3.8, 4) is 0 Å². The van der Waals surface area contributed by atoms with Gasteiger partial charge in [0, 0.05) is 0 Å². The zero-order valence-corrected chi connectivity index (χ0v) is 12.3. The summed E-state index contributed by atoms with van der Waals surface area (Å²) >= 11 is 6.12. The van der Waals surface area contributed by atoms with E-state index in [9.17, 15) is 9.59 Å². The number of carbonyl (C=O) groups excluding carboxylic acids is 2. The lowest BCUT2D eigenvalue weighted by molar-refractivity contribution is -0.146. The van der Waals surface area contributed by atoms with E-state index in [1.54, 1.807) is 12.1 Å². The van der Waals surface area contributed by atoms with Crippen molar-refractivity contribution in [2.45, 2.75) is 20.0 Å². The average molecular weight is 299 g/mol. The van der Waals surface area contributed by atoms with E-state index in [2.05, 4.69) is 14.8 Å². The van der Waals surface area contributed by atoms with Crippen LogP contribution in [0.5, 0.6) is 0 Å². The summed E-state index contributed by atoms with van der Waals surface area (Å²) in [4.78, 5) is 27.7. The molecular weight excluding hydrogens is 282 g/mol. The molecule has 0 spiro atoms. The third kappa shape index (κ3) is 3.72. The van der Waals surface area contributed by atoms with Gasteiger partial charge in [0.25, 0.3) is 5.91 Å². The topological polar surface area (TPSA) is 90.6 Å². The molecule has 0 bridgehead atoms. The summed E-state index contributed by atoms with van der Waals surface area (Å²) in [5.74, 6) is 3.89. The van der Waals surface area contributed by atoms with Crippen LogP contribution in [0.15, 0.2) is 12.1 Å². The monoisotopic (exact) mass is 298 g/mol. The number of aryl methyl sites for hydroxylation is 1. The highest BCUT2D eigenvalue weighted by Crippen LogP contribution is 2.23. The Morgan fingerprint density at radius 1 is 1.45 bits per heavy atom. The van der Waals surface area contributed by atoms with Crippen molar-refractivity contribution in [1.82, 2.24) is 5.32 Å². The van der Waals surface area contributed by atoms with E-state index in [1.807, 2.05) is 13.8 Å². The zero-order chi connectivity index (χ0) is 15.3. The first kappa shape index (κ1) is 16.5. The second-order valence-electron chi connectivity index (χ2n) is 4.23. The molecule has 3 N–H and O–H groups in total. The van der Waals surface area contributed by atoms with Crippen molar-refractivity contribution in [3.05, 3.63) is 33.8 Å². The molecule has 1 rings (SSSR count). The Morgan fingerprint density at radius 3 is 2.65 bits per heavy atom. The average Bonchev–Trinajstić information content (AvgIpc) is 2.44. The molecule has 0 saturated heterocycles. The fourth-order valence-electron chi connectivity index (χ4n) is 1.56. The minimum atomic E-state index is -1.06. The molecule has 108 valence electrons. The maximum Gasteiger partial charge on any atom is 0.326 e. The van der Waals surface area contributed by atoms with Crippen LogP contribution in [0, 0.1) is 13.8 Å². The molecule has 20 heavy (non-hydrogen) atoms. The van der Waals surface area contributed by atoms with Crippen LogP contribution in [0.2, 0.25) is 5.02 Å². The van der Waals surface area contributed by atoms with Crippen LogP contribution < -0.4 is 11.2 Å². The standard InChI is InChI=1S/C12H16BClN2O4/c1-6-3-4-8(10(14)7(6)2)11(17)16-5-9(20-15)12(18)19-13/h3-4,9H,5,13,15H2,1-2H3,(H,16,17)/t9-/m0/s1. The van der Waals surface area contributed by atoms with Crippen molar-refractivity contribution in [2.24, 2.45) is 5.90 Å². The number of hydrogen-bond donors (Lipinski definition) is 2. The molecule has 0 aliphatic carbocycles. The van der Waals surface area contributed by atoms with Crippen LogP contribution in [-0.2, 0) is 14.3 Å². The molecular formula is C12H16BClN2O4. The molecule has 8 heteroatoms. The van der Waals surface area contributed by atoms with Crippen molar-refractivity contribution in [2.75, 3.05) is 6.54 Å². The number of rotatable bonds is 5. The quantitative estimate of drug-likeness (QED) is 0.591. The van der Waals surface area contributed by atoms with Gasteiger partial charge >= 0.3 is 14.0 Å². The lowest BCUT2D eigenvalue weighted by Crippen LogP contribution is -2.40. The summed E-state index contributed by atoms with van der Waals surface area (Å²) in [7, 11) is 1.20. The molecule has 0 fully saturated rings. The fourth-order valence-corrected chi connectivity index (χ4v) is 1.85. The second kappa shape index (κ2) is 7.28. The van der Waals surface area contributed by atoms with E-state index in [0.717, 1.165) is 11.1 Å². The maximum absolute atomic E-state index is 12.0. The van der Waals surface area contributed by atoms with Gasteiger partial charge in [-0.05, 0) is 31.0 Å². The van der Waals surface area contributed by atoms with Crippen molar-refractivity contribution in [3.63, 3.8) is 0 Å². The van der Waals surface area contributed by atoms with E-state index in [1.165, 1.54) is 8.05 Å². The third-order valence-corrected chi connectivity index (χ3v) is 3.47. The van der Waals surface area contributed by atoms with Gasteiger partial charge in [-0.3, -0.25) is 14.4 Å². The van der Waals surface area contributed by atoms with Gasteiger partial charge in [0.15, 0.2) is 6.10 Å². The van der Waals surface area contributed by atoms with Gasteiger partial charge in [0.2, 0.25) is 0 Å². The normalized spacial score (nSPS) is 11.8. The van der Waals surface area contributed by atoms with Crippen LogP contribution in [0.3, 0.4) is 0 Å². The second-order valence-corrected chi connectivity index (χ2v) is 4.60. The largest absolute Gasteiger partial charge is 0.541 e. The highest BCUT2D eigenvalue weighted by atomic mass is 35.5. The minimum Gasteiger partial charge on any atom is -0.541 e. The SMILES string of the molecule is BOC(=O)[C@H](CNC(=O)c1ccc(C)c(C)c1Cl)ON. The number of nitrogens with two attached hydrogens (primary N) is 1. The zero-order valence-electron chi connectivity index (χ0n) is 11.5. The van der Waals surface area contributed by atoms with E-state index < -0.39 is 18.0 Å². The van der Waals surface area contributed by atoms with Gasteiger partial charge in [-0.15, -0.1) is 0 Å². The van der Waals surface area contributed by atoms with Crippen LogP contribution in [0.1, 0.15) is 21.5 Å². The smallest absolute Gasteiger partial charge is 0.326 e. The molecule has 0 saturated carbocycles. The Labute approximate surface area is 123 Å². The lowest BCUT2D eigenvalue weighted by Gasteiger charge is -2.14. The van der Waals surface area contributed by atoms with E-state index in [0.29, 0.717) is 10.6 Å². The molecule has 0 unspecified atom stereocenters. The Hall–Kier alpha value is -1.57. The number of carbonyl (C=O) groups is 2.